The van der Waals surface area contributed by atoms with E-state index in [-0.39, 0.29) is 10.7 Å². The van der Waals surface area contributed by atoms with E-state index in [9.17, 15) is 9.59 Å². The van der Waals surface area contributed by atoms with Gasteiger partial charge in [0.15, 0.2) is 0 Å². The van der Waals surface area contributed by atoms with Crippen molar-refractivity contribution in [2.75, 3.05) is 0 Å². The largest absolute Gasteiger partial charge is 0.329 e. The Morgan fingerprint density at radius 1 is 1.28 bits per heavy atom. The number of halogens is 1. The van der Waals surface area contributed by atoms with Crippen LogP contribution in [0.4, 0.5) is 0 Å². The van der Waals surface area contributed by atoms with Crippen molar-refractivity contribution in [1.82, 2.24) is 9.55 Å². The molecule has 0 spiro atoms. The van der Waals surface area contributed by atoms with E-state index in [4.69, 9.17) is 11.6 Å². The Bertz CT molecular complexity index is 527. The fraction of sp³-hybridized carbons (Fsp3) is 0.692. The van der Waals surface area contributed by atoms with Gasteiger partial charge in [-0.25, -0.2) is 4.79 Å². The van der Waals surface area contributed by atoms with Crippen molar-refractivity contribution in [1.29, 1.82) is 0 Å². The lowest BCUT2D eigenvalue weighted by molar-refractivity contribution is 0.320. The molecule has 100 valence electrons. The molecule has 1 aliphatic rings. The number of hydrogen-bond donors (Lipinski definition) is 1. The standard InChI is InChI=1S/C13H19ClN2O2/c1-9-11(14)15-13(18)16(12(9)17)8-7-10-5-3-2-4-6-10/h10H,2-8H2,1H3,(H,15,18). The molecule has 1 aromatic rings. The van der Waals surface area contributed by atoms with E-state index in [2.05, 4.69) is 4.98 Å². The first-order valence-corrected chi connectivity index (χ1v) is 6.96. The van der Waals surface area contributed by atoms with Crippen LogP contribution in [0.15, 0.2) is 9.59 Å². The Kier molecular flexibility index (Phi) is 4.27. The van der Waals surface area contributed by atoms with Crippen molar-refractivity contribution in [2.45, 2.75) is 52.0 Å². The average Bonchev–Trinajstić information content (AvgIpc) is 2.37. The van der Waals surface area contributed by atoms with Gasteiger partial charge in [0.25, 0.3) is 5.56 Å². The topological polar surface area (TPSA) is 54.9 Å². The van der Waals surface area contributed by atoms with Crippen molar-refractivity contribution >= 4 is 11.6 Å². The first kappa shape index (κ1) is 13.4. The summed E-state index contributed by atoms with van der Waals surface area (Å²) in [6.45, 7) is 2.13. The van der Waals surface area contributed by atoms with Crippen LogP contribution >= 0.6 is 11.6 Å². The molecule has 4 nitrogen and oxygen atoms in total. The first-order chi connectivity index (χ1) is 8.59. The number of nitrogens with one attached hydrogen (secondary N) is 1. The monoisotopic (exact) mass is 270 g/mol. The lowest BCUT2D eigenvalue weighted by atomic mass is 9.87. The van der Waals surface area contributed by atoms with Crippen LogP contribution in [0.5, 0.6) is 0 Å². The van der Waals surface area contributed by atoms with Crippen LogP contribution in [0, 0.1) is 12.8 Å². The van der Waals surface area contributed by atoms with Gasteiger partial charge in [0, 0.05) is 12.1 Å². The van der Waals surface area contributed by atoms with E-state index < -0.39 is 5.69 Å². The second-order valence-corrected chi connectivity index (χ2v) is 5.50. The molecule has 0 atom stereocenters. The van der Waals surface area contributed by atoms with Crippen molar-refractivity contribution in [3.8, 4) is 0 Å². The highest BCUT2D eigenvalue weighted by molar-refractivity contribution is 6.30. The summed E-state index contributed by atoms with van der Waals surface area (Å²) in [6.07, 6.45) is 7.21. The maximum atomic E-state index is 11.9. The molecule has 5 heteroatoms. The molecule has 0 amide bonds. The van der Waals surface area contributed by atoms with Crippen molar-refractivity contribution in [2.24, 2.45) is 5.92 Å². The minimum atomic E-state index is -0.397. The molecule has 1 saturated carbocycles. The summed E-state index contributed by atoms with van der Waals surface area (Å²) in [5.41, 5.74) is -0.245. The van der Waals surface area contributed by atoms with Gasteiger partial charge < -0.3 is 0 Å². The van der Waals surface area contributed by atoms with Gasteiger partial charge in [0.1, 0.15) is 5.15 Å². The third kappa shape index (κ3) is 2.86. The maximum absolute atomic E-state index is 11.9. The lowest BCUT2D eigenvalue weighted by Gasteiger charge is -2.21. The minimum Gasteiger partial charge on any atom is -0.297 e. The van der Waals surface area contributed by atoms with Gasteiger partial charge in [-0.3, -0.25) is 14.3 Å². The summed E-state index contributed by atoms with van der Waals surface area (Å²) < 4.78 is 1.27. The molecule has 1 aromatic heterocycles. The van der Waals surface area contributed by atoms with E-state index in [0.717, 1.165) is 6.42 Å². The summed E-state index contributed by atoms with van der Waals surface area (Å²) in [4.78, 5) is 26.2. The number of hydrogen-bond acceptors (Lipinski definition) is 2. The van der Waals surface area contributed by atoms with Crippen LogP contribution in [0.1, 0.15) is 44.1 Å². The molecule has 0 radical (unpaired) electrons. The molecule has 1 aliphatic carbocycles. The van der Waals surface area contributed by atoms with Crippen molar-refractivity contribution in [3.63, 3.8) is 0 Å². The van der Waals surface area contributed by atoms with Crippen LogP contribution < -0.4 is 11.2 Å². The van der Waals surface area contributed by atoms with E-state index in [1.54, 1.807) is 6.92 Å². The van der Waals surface area contributed by atoms with Crippen molar-refractivity contribution < 1.29 is 0 Å². The predicted octanol–water partition coefficient (Wildman–Crippen LogP) is 2.47. The molecular weight excluding hydrogens is 252 g/mol. The van der Waals surface area contributed by atoms with E-state index >= 15 is 0 Å². The number of aromatic nitrogens is 2. The molecule has 18 heavy (non-hydrogen) atoms. The molecule has 1 heterocycles. The average molecular weight is 271 g/mol. The van der Waals surface area contributed by atoms with Crippen LogP contribution in [0.3, 0.4) is 0 Å². The van der Waals surface area contributed by atoms with Gasteiger partial charge in [-0.15, -0.1) is 0 Å². The second-order valence-electron chi connectivity index (χ2n) is 5.12. The van der Waals surface area contributed by atoms with Gasteiger partial charge in [0.2, 0.25) is 0 Å². The number of rotatable bonds is 3. The van der Waals surface area contributed by atoms with Gasteiger partial charge in [0.05, 0.1) is 0 Å². The fourth-order valence-electron chi connectivity index (χ4n) is 2.63. The Balaban J connectivity index is 2.12. The van der Waals surface area contributed by atoms with Crippen LogP contribution in [0.25, 0.3) is 0 Å². The summed E-state index contributed by atoms with van der Waals surface area (Å²) in [6, 6.07) is 0. The SMILES string of the molecule is Cc1c(Cl)[nH]c(=O)n(CCC2CCCCC2)c1=O. The normalized spacial score (nSPS) is 17.0. The summed E-state index contributed by atoms with van der Waals surface area (Å²) in [5, 5.41) is 0.152. The summed E-state index contributed by atoms with van der Waals surface area (Å²) in [7, 11) is 0. The van der Waals surface area contributed by atoms with Crippen LogP contribution in [0.2, 0.25) is 5.15 Å². The predicted molar refractivity (Wildman–Crippen MR) is 72.3 cm³/mol. The summed E-state index contributed by atoms with van der Waals surface area (Å²) >= 11 is 5.77. The smallest absolute Gasteiger partial charge is 0.297 e. The maximum Gasteiger partial charge on any atom is 0.329 e. The number of H-pyrrole nitrogens is 1. The quantitative estimate of drug-likeness (QED) is 0.858. The first-order valence-electron chi connectivity index (χ1n) is 6.59. The highest BCUT2D eigenvalue weighted by Gasteiger charge is 2.15. The number of aromatic amines is 1. The van der Waals surface area contributed by atoms with Gasteiger partial charge in [-0.1, -0.05) is 43.7 Å². The minimum absolute atomic E-state index is 0.152. The summed E-state index contributed by atoms with van der Waals surface area (Å²) in [5.74, 6) is 0.654. The van der Waals surface area contributed by atoms with Gasteiger partial charge >= 0.3 is 5.69 Å². The second kappa shape index (κ2) is 5.74. The molecule has 0 aliphatic heterocycles. The van der Waals surface area contributed by atoms with Crippen LogP contribution in [-0.4, -0.2) is 9.55 Å². The van der Waals surface area contributed by atoms with E-state index in [1.807, 2.05) is 0 Å². The van der Waals surface area contributed by atoms with Crippen LogP contribution in [-0.2, 0) is 6.54 Å². The zero-order valence-corrected chi connectivity index (χ0v) is 11.4. The highest BCUT2D eigenvalue weighted by Crippen LogP contribution is 2.26. The molecular formula is C13H19ClN2O2. The fourth-order valence-corrected chi connectivity index (χ4v) is 2.80. The van der Waals surface area contributed by atoms with Gasteiger partial charge in [-0.05, 0) is 19.3 Å². The van der Waals surface area contributed by atoms with Gasteiger partial charge in [-0.2, -0.15) is 0 Å². The Hall–Kier alpha value is -1.03. The highest BCUT2D eigenvalue weighted by atomic mass is 35.5. The third-order valence-corrected chi connectivity index (χ3v) is 4.22. The van der Waals surface area contributed by atoms with E-state index in [1.165, 1.54) is 36.7 Å². The third-order valence-electron chi connectivity index (χ3n) is 3.84. The van der Waals surface area contributed by atoms with Crippen molar-refractivity contribution in [3.05, 3.63) is 31.6 Å². The number of nitrogens with zero attached hydrogens (tertiary/aromatic N) is 1. The Labute approximate surface area is 111 Å². The molecule has 0 bridgehead atoms. The molecule has 0 aromatic carbocycles. The molecule has 2 rings (SSSR count). The molecule has 1 fully saturated rings. The lowest BCUT2D eigenvalue weighted by Crippen LogP contribution is -2.37. The molecule has 0 unspecified atom stereocenters. The Morgan fingerprint density at radius 2 is 1.94 bits per heavy atom. The Morgan fingerprint density at radius 3 is 2.61 bits per heavy atom. The zero-order chi connectivity index (χ0) is 13.1. The van der Waals surface area contributed by atoms with E-state index in [0.29, 0.717) is 18.0 Å². The molecule has 1 N–H and O–H groups in total. The molecule has 0 saturated heterocycles. The zero-order valence-electron chi connectivity index (χ0n) is 10.7.